The van der Waals surface area contributed by atoms with Gasteiger partial charge in [0.15, 0.2) is 17.5 Å². The van der Waals surface area contributed by atoms with Crippen molar-refractivity contribution < 1.29 is 31.8 Å². The molecular weight excluding hydrogens is 526 g/mol. The summed E-state index contributed by atoms with van der Waals surface area (Å²) in [6, 6.07) is -6.30. The molecule has 0 radical (unpaired) electrons. The Hall–Kier alpha value is -5.87. The molecule has 0 unspecified atom stereocenters. The van der Waals surface area contributed by atoms with Crippen LogP contribution in [0.3, 0.4) is 0 Å². The highest BCUT2D eigenvalue weighted by molar-refractivity contribution is 6.12. The molecule has 0 bridgehead atoms. The lowest BCUT2D eigenvalue weighted by molar-refractivity contribution is 0.670. The molecule has 0 saturated carbocycles. The smallest absolute Gasteiger partial charge is 0.164 e. The van der Waals surface area contributed by atoms with E-state index in [9.17, 15) is 0 Å². The molecule has 0 N–H and O–H groups in total. The van der Waals surface area contributed by atoms with E-state index in [1.807, 2.05) is 0 Å². The first-order valence-electron chi connectivity index (χ1n) is 22.6. The molecule has 0 amide bonds. The van der Waals surface area contributed by atoms with Gasteiger partial charge in [-0.15, -0.1) is 0 Å². The highest BCUT2D eigenvalue weighted by Gasteiger charge is 2.17. The molecule has 8 rings (SSSR count). The zero-order chi connectivity index (χ0) is 46.0. The summed E-state index contributed by atoms with van der Waals surface area (Å²) in [4.78, 5) is 13.2. The summed E-state index contributed by atoms with van der Waals surface area (Å²) in [5, 5.41) is 0.528. The first kappa shape index (κ1) is 11.8. The maximum atomic E-state index is 8.79. The summed E-state index contributed by atoms with van der Waals surface area (Å²) in [6.07, 6.45) is 0. The van der Waals surface area contributed by atoms with Gasteiger partial charge < -0.3 is 4.42 Å². The van der Waals surface area contributed by atoms with Gasteiger partial charge in [-0.25, -0.2) is 15.0 Å². The van der Waals surface area contributed by atoms with Gasteiger partial charge in [0, 0.05) is 33.0 Å². The van der Waals surface area contributed by atoms with Crippen LogP contribution in [0.2, 0.25) is 0 Å². The monoisotopic (exact) mass is 571 g/mol. The van der Waals surface area contributed by atoms with Crippen LogP contribution < -0.4 is 0 Å². The Morgan fingerprint density at radius 2 is 0.907 bits per heavy atom. The van der Waals surface area contributed by atoms with Crippen molar-refractivity contribution in [1.29, 1.82) is 0 Å². The predicted molar refractivity (Wildman–Crippen MR) is 174 cm³/mol. The van der Waals surface area contributed by atoms with Gasteiger partial charge in [0.25, 0.3) is 0 Å². The average molecular weight is 572 g/mol. The lowest BCUT2D eigenvalue weighted by Crippen LogP contribution is -2.00. The molecule has 0 aliphatic heterocycles. The maximum absolute atomic E-state index is 8.79. The Morgan fingerprint density at radius 3 is 1.47 bits per heavy atom. The standard InChI is InChI=1S/C39H25N3O/c1-5-13-26(14-6-1)31-23-33(27-15-7-2-8-16-27)36-34(24-31)32-22-21-30(25-35(32)43-36)39-41-37(28-17-9-3-10-18-28)40-38(42-39)29-19-11-4-12-20-29/h1-25H/i1D,2D,3D,4D,5D,6D,7D,8D,9D,10D,11D,12D,13D,14D,15D,16D,17D,18D,19D,20D. The Balaban J connectivity index is 1.46. The van der Waals surface area contributed by atoms with Crippen LogP contribution in [-0.4, -0.2) is 15.0 Å². The molecule has 0 atom stereocenters. The fourth-order valence-corrected chi connectivity index (χ4v) is 4.58. The van der Waals surface area contributed by atoms with E-state index in [0.717, 1.165) is 0 Å². The summed E-state index contributed by atoms with van der Waals surface area (Å²) in [6.45, 7) is 0. The minimum Gasteiger partial charge on any atom is -0.455 e. The van der Waals surface area contributed by atoms with E-state index in [4.69, 9.17) is 31.8 Å². The number of hydrogen-bond donors (Lipinski definition) is 0. The Morgan fingerprint density at radius 1 is 0.419 bits per heavy atom. The van der Waals surface area contributed by atoms with Crippen LogP contribution in [0, 0.1) is 0 Å². The van der Waals surface area contributed by atoms with E-state index in [1.54, 1.807) is 0 Å². The van der Waals surface area contributed by atoms with Crippen LogP contribution in [0.5, 0.6) is 0 Å². The maximum Gasteiger partial charge on any atom is 0.164 e. The number of aromatic nitrogens is 3. The van der Waals surface area contributed by atoms with E-state index < -0.39 is 144 Å². The van der Waals surface area contributed by atoms with Crippen molar-refractivity contribution in [3.05, 3.63) is 151 Å². The zero-order valence-corrected chi connectivity index (χ0v) is 21.6. The highest BCUT2D eigenvalue weighted by Crippen LogP contribution is 2.40. The summed E-state index contributed by atoms with van der Waals surface area (Å²) < 4.78 is 175. The molecule has 2 aromatic heterocycles. The number of nitrogens with zero attached hydrogens (tertiary/aromatic N) is 3. The zero-order valence-electron chi connectivity index (χ0n) is 41.6. The fraction of sp³-hybridized carbons (Fsp3) is 0. The molecule has 4 nitrogen and oxygen atoms in total. The molecule has 4 heteroatoms. The van der Waals surface area contributed by atoms with Crippen molar-refractivity contribution in [3.63, 3.8) is 0 Å². The third-order valence-electron chi connectivity index (χ3n) is 6.47. The van der Waals surface area contributed by atoms with E-state index >= 15 is 0 Å². The molecule has 6 aromatic carbocycles. The van der Waals surface area contributed by atoms with Crippen molar-refractivity contribution in [3.8, 4) is 56.4 Å². The van der Waals surface area contributed by atoms with Crippen LogP contribution >= 0.6 is 0 Å². The number of fused-ring (bicyclic) bond motifs is 3. The van der Waals surface area contributed by atoms with Gasteiger partial charge in [0.05, 0.1) is 27.4 Å². The van der Waals surface area contributed by atoms with Crippen LogP contribution in [0.15, 0.2) is 156 Å². The second-order valence-electron chi connectivity index (χ2n) is 9.02. The number of benzene rings is 6. The largest absolute Gasteiger partial charge is 0.455 e. The van der Waals surface area contributed by atoms with Gasteiger partial charge in [-0.05, 0) is 41.0 Å². The third-order valence-corrected chi connectivity index (χ3v) is 6.47. The number of hydrogen-bond acceptors (Lipinski definition) is 4. The van der Waals surface area contributed by atoms with Crippen LogP contribution in [0.1, 0.15) is 27.4 Å². The average Bonchev–Trinajstić information content (AvgIpc) is 3.64. The number of rotatable bonds is 5. The third kappa shape index (κ3) is 4.65. The molecule has 0 aliphatic carbocycles. The van der Waals surface area contributed by atoms with Gasteiger partial charge in [-0.2, -0.15) is 0 Å². The Labute approximate surface area is 277 Å². The number of furan rings is 1. The molecule has 8 aromatic rings. The van der Waals surface area contributed by atoms with Gasteiger partial charge in [-0.3, -0.25) is 0 Å². The fourth-order valence-electron chi connectivity index (χ4n) is 4.58. The van der Waals surface area contributed by atoms with E-state index in [0.29, 0.717) is 5.39 Å². The lowest BCUT2D eigenvalue weighted by atomic mass is 9.95. The van der Waals surface area contributed by atoms with Crippen LogP contribution in [-0.2, 0) is 0 Å². The van der Waals surface area contributed by atoms with E-state index in [1.165, 1.54) is 30.3 Å². The van der Waals surface area contributed by atoms with Gasteiger partial charge in [0.1, 0.15) is 11.2 Å². The van der Waals surface area contributed by atoms with Crippen molar-refractivity contribution in [2.45, 2.75) is 0 Å². The van der Waals surface area contributed by atoms with Crippen molar-refractivity contribution in [2.24, 2.45) is 0 Å². The predicted octanol–water partition coefficient (Wildman–Crippen LogP) is 10.1. The molecular formula is C39H25N3O. The SMILES string of the molecule is [2H]c1c([2H])c([2H])c(-c2cc(-c3c([2H])c([2H])c([2H])c([2H])c3[2H])c3oc4cc(-c5nc(-c6c([2H])c([2H])c([2H])c([2H])c6[2H])nc(-c6c([2H])c([2H])c([2H])c([2H])c6[2H])n5)ccc4c3c2)c([2H])c1[2H]. The second kappa shape index (κ2) is 10.5. The van der Waals surface area contributed by atoms with Gasteiger partial charge in [-0.1, -0.05) is 127 Å². The second-order valence-corrected chi connectivity index (χ2v) is 9.02. The summed E-state index contributed by atoms with van der Waals surface area (Å²) in [5.74, 6) is -1.29. The molecule has 43 heavy (non-hydrogen) atoms. The minimum absolute atomic E-state index is 0.0251. The molecule has 2 heterocycles. The van der Waals surface area contributed by atoms with E-state index in [2.05, 4.69) is 15.0 Å². The summed E-state index contributed by atoms with van der Waals surface area (Å²) in [5.41, 5.74) is -1.47. The van der Waals surface area contributed by atoms with Gasteiger partial charge >= 0.3 is 0 Å². The quantitative estimate of drug-likeness (QED) is 0.206. The first-order chi connectivity index (χ1) is 29.6. The van der Waals surface area contributed by atoms with Crippen molar-refractivity contribution in [2.75, 3.05) is 0 Å². The Kier molecular flexibility index (Phi) is 2.88. The highest BCUT2D eigenvalue weighted by atomic mass is 16.3. The normalized spacial score (nSPS) is 17.8. The summed E-state index contributed by atoms with van der Waals surface area (Å²) in [7, 11) is 0. The molecule has 0 saturated heterocycles. The van der Waals surface area contributed by atoms with Crippen LogP contribution in [0.25, 0.3) is 78.4 Å². The topological polar surface area (TPSA) is 51.8 Å². The Bertz CT molecular complexity index is 3170. The molecule has 202 valence electrons. The van der Waals surface area contributed by atoms with Crippen molar-refractivity contribution >= 4 is 21.9 Å². The summed E-state index contributed by atoms with van der Waals surface area (Å²) >= 11 is 0. The molecule has 0 fully saturated rings. The lowest BCUT2D eigenvalue weighted by Gasteiger charge is -2.08. The molecule has 0 aliphatic rings. The molecule has 0 spiro atoms. The van der Waals surface area contributed by atoms with E-state index in [-0.39, 0.29) is 50.2 Å². The first-order valence-corrected chi connectivity index (χ1v) is 12.6. The van der Waals surface area contributed by atoms with Crippen LogP contribution in [0.4, 0.5) is 0 Å². The van der Waals surface area contributed by atoms with Crippen molar-refractivity contribution in [1.82, 2.24) is 15.0 Å². The minimum atomic E-state index is -0.723. The van der Waals surface area contributed by atoms with Gasteiger partial charge in [0.2, 0.25) is 0 Å².